The number of carbonyl (C=O) groups is 1. The van der Waals surface area contributed by atoms with Gasteiger partial charge in [-0.3, -0.25) is 9.52 Å². The van der Waals surface area contributed by atoms with E-state index in [9.17, 15) is 18.3 Å². The molecular weight excluding hydrogens is 428 g/mol. The zero-order chi connectivity index (χ0) is 21.5. The van der Waals surface area contributed by atoms with Gasteiger partial charge in [0.15, 0.2) is 5.75 Å². The summed E-state index contributed by atoms with van der Waals surface area (Å²) in [6, 6.07) is 14.8. The minimum absolute atomic E-state index is 0.00794. The van der Waals surface area contributed by atoms with Crippen molar-refractivity contribution in [2.45, 2.75) is 11.4 Å². The van der Waals surface area contributed by atoms with E-state index in [4.69, 9.17) is 16.3 Å². The van der Waals surface area contributed by atoms with Gasteiger partial charge >= 0.3 is 0 Å². The van der Waals surface area contributed by atoms with Crippen LogP contribution < -0.4 is 14.8 Å². The summed E-state index contributed by atoms with van der Waals surface area (Å²) in [5.74, 6) is -0.869. The molecule has 0 atom stereocenters. The molecule has 4 rings (SSSR count). The number of fused-ring (bicyclic) bond motifs is 6. The van der Waals surface area contributed by atoms with Crippen molar-refractivity contribution in [2.24, 2.45) is 0 Å². The maximum absolute atomic E-state index is 13.0. The number of hydrogen-bond donors (Lipinski definition) is 3. The third kappa shape index (κ3) is 3.55. The van der Waals surface area contributed by atoms with Gasteiger partial charge in [0.05, 0.1) is 17.8 Å². The number of hydrogen-bond acceptors (Lipinski definition) is 5. The van der Waals surface area contributed by atoms with Crippen molar-refractivity contribution in [3.8, 4) is 22.6 Å². The van der Waals surface area contributed by atoms with Gasteiger partial charge in [-0.05, 0) is 41.0 Å². The average molecular weight is 445 g/mol. The number of halogens is 1. The molecule has 3 aromatic carbocycles. The summed E-state index contributed by atoms with van der Waals surface area (Å²) < 4.78 is 33.8. The maximum Gasteiger partial charge on any atom is 0.265 e. The van der Waals surface area contributed by atoms with E-state index in [1.807, 2.05) is 24.3 Å². The van der Waals surface area contributed by atoms with E-state index >= 15 is 0 Å². The van der Waals surface area contributed by atoms with Gasteiger partial charge in [-0.15, -0.1) is 0 Å². The smallest absolute Gasteiger partial charge is 0.265 e. The zero-order valence-corrected chi connectivity index (χ0v) is 17.3. The summed E-state index contributed by atoms with van der Waals surface area (Å²) in [7, 11) is -2.87. The Balaban J connectivity index is 1.99. The van der Waals surface area contributed by atoms with Gasteiger partial charge in [-0.2, -0.15) is 0 Å². The topological polar surface area (TPSA) is 105 Å². The van der Waals surface area contributed by atoms with E-state index < -0.39 is 26.6 Å². The first-order valence-electron chi connectivity index (χ1n) is 8.90. The van der Waals surface area contributed by atoms with E-state index in [2.05, 4.69) is 10.0 Å². The molecule has 1 heterocycles. The maximum atomic E-state index is 13.0. The van der Waals surface area contributed by atoms with Crippen LogP contribution >= 0.6 is 11.6 Å². The van der Waals surface area contributed by atoms with Crippen LogP contribution in [0.25, 0.3) is 11.1 Å². The molecule has 30 heavy (non-hydrogen) atoms. The molecule has 0 unspecified atom stereocenters. The molecule has 0 spiro atoms. The molecule has 154 valence electrons. The number of rotatable bonds is 1. The van der Waals surface area contributed by atoms with Crippen LogP contribution in [-0.2, 0) is 16.6 Å². The van der Waals surface area contributed by atoms with Crippen molar-refractivity contribution < 1.29 is 23.1 Å². The lowest BCUT2D eigenvalue weighted by molar-refractivity contribution is 0.0950. The van der Waals surface area contributed by atoms with E-state index in [-0.39, 0.29) is 22.8 Å². The fourth-order valence-electron chi connectivity index (χ4n) is 3.30. The second kappa shape index (κ2) is 7.55. The number of methoxy groups -OCH3 is 1. The van der Waals surface area contributed by atoms with Crippen molar-refractivity contribution >= 4 is 33.2 Å². The summed E-state index contributed by atoms with van der Waals surface area (Å²) in [4.78, 5) is 12.2. The summed E-state index contributed by atoms with van der Waals surface area (Å²) in [5, 5.41) is 12.8. The number of amides is 1. The lowest BCUT2D eigenvalue weighted by atomic mass is 9.99. The fraction of sp³-hybridized carbons (Fsp3) is 0.0952. The van der Waals surface area contributed by atoms with Crippen molar-refractivity contribution in [1.82, 2.24) is 5.32 Å². The molecule has 0 aliphatic carbocycles. The van der Waals surface area contributed by atoms with Crippen LogP contribution in [0.3, 0.4) is 0 Å². The number of anilines is 1. The number of carbonyl (C=O) groups excluding carboxylic acids is 1. The van der Waals surface area contributed by atoms with Crippen LogP contribution in [0, 0.1) is 0 Å². The number of aromatic hydroxyl groups is 1. The second-order valence-electron chi connectivity index (χ2n) is 6.67. The lowest BCUT2D eigenvalue weighted by Crippen LogP contribution is -2.23. The van der Waals surface area contributed by atoms with Crippen LogP contribution in [0.4, 0.5) is 5.69 Å². The van der Waals surface area contributed by atoms with E-state index in [0.29, 0.717) is 5.75 Å². The number of phenols is 1. The molecule has 1 amide bonds. The molecule has 0 saturated heterocycles. The van der Waals surface area contributed by atoms with Crippen molar-refractivity contribution in [2.75, 3.05) is 11.8 Å². The number of phenolic OH excluding ortho intramolecular Hbond substituents is 1. The van der Waals surface area contributed by atoms with Crippen LogP contribution in [-0.4, -0.2) is 26.5 Å². The Bertz CT molecular complexity index is 1270. The molecule has 1 aliphatic heterocycles. The standard InChI is InChI=1S/C21H17ClN2O5S/c1-29-18-7-6-12-9-17(18)24-30(27,28)19-10-14(8-16(22)20(19)25)21(26)23-11-13-4-2-3-5-15(12)13/h2-10,24-25H,11H2,1H3,(H,23,26). The highest BCUT2D eigenvalue weighted by atomic mass is 35.5. The Hall–Kier alpha value is -3.23. The largest absolute Gasteiger partial charge is 0.505 e. The van der Waals surface area contributed by atoms with Gasteiger partial charge in [0.2, 0.25) is 0 Å². The molecule has 0 fully saturated rings. The van der Waals surface area contributed by atoms with Crippen molar-refractivity contribution in [3.63, 3.8) is 0 Å². The van der Waals surface area contributed by atoms with Gasteiger partial charge in [0, 0.05) is 12.1 Å². The molecule has 0 saturated carbocycles. The Labute approximate surface area is 178 Å². The Morgan fingerprint density at radius 2 is 1.83 bits per heavy atom. The van der Waals surface area contributed by atoms with Gasteiger partial charge < -0.3 is 15.2 Å². The van der Waals surface area contributed by atoms with E-state index in [1.165, 1.54) is 13.2 Å². The third-order valence-corrected chi connectivity index (χ3v) is 6.46. The van der Waals surface area contributed by atoms with Gasteiger partial charge in [-0.1, -0.05) is 41.9 Å². The molecule has 1 aliphatic rings. The Kier molecular flexibility index (Phi) is 5.05. The summed E-state index contributed by atoms with van der Waals surface area (Å²) >= 11 is 6.01. The van der Waals surface area contributed by atoms with Crippen LogP contribution in [0.1, 0.15) is 15.9 Å². The minimum atomic E-state index is -4.29. The van der Waals surface area contributed by atoms with E-state index in [1.54, 1.807) is 18.2 Å². The molecule has 3 N–H and O–H groups in total. The lowest BCUT2D eigenvalue weighted by Gasteiger charge is -2.15. The highest BCUT2D eigenvalue weighted by Crippen LogP contribution is 2.37. The first-order chi connectivity index (χ1) is 14.3. The molecule has 0 aromatic heterocycles. The first kappa shape index (κ1) is 20.1. The highest BCUT2D eigenvalue weighted by molar-refractivity contribution is 7.92. The minimum Gasteiger partial charge on any atom is -0.505 e. The summed E-state index contributed by atoms with van der Waals surface area (Å²) in [5.41, 5.74) is 2.59. The predicted octanol–water partition coefficient (Wildman–Crippen LogP) is 3.77. The molecular formula is C21H17ClN2O5S. The van der Waals surface area contributed by atoms with Crippen molar-refractivity contribution in [3.05, 3.63) is 70.7 Å². The Morgan fingerprint density at radius 3 is 2.60 bits per heavy atom. The molecule has 9 heteroatoms. The summed E-state index contributed by atoms with van der Waals surface area (Å²) in [6.07, 6.45) is 0. The Morgan fingerprint density at radius 1 is 1.07 bits per heavy atom. The number of ether oxygens (including phenoxy) is 1. The predicted molar refractivity (Wildman–Crippen MR) is 114 cm³/mol. The summed E-state index contributed by atoms with van der Waals surface area (Å²) in [6.45, 7) is 0.213. The van der Waals surface area contributed by atoms with Gasteiger partial charge in [0.1, 0.15) is 10.6 Å². The van der Waals surface area contributed by atoms with Crippen molar-refractivity contribution in [1.29, 1.82) is 0 Å². The van der Waals surface area contributed by atoms with Gasteiger partial charge in [-0.25, -0.2) is 8.42 Å². The SMILES string of the molecule is COc1ccc2cc1NS(=O)(=O)c1cc(cc(Cl)c1O)C(=O)NCc1ccccc1-2. The highest BCUT2D eigenvalue weighted by Gasteiger charge is 2.25. The van der Waals surface area contributed by atoms with Crippen LogP contribution in [0.15, 0.2) is 59.5 Å². The average Bonchev–Trinajstić information content (AvgIpc) is 2.73. The quantitative estimate of drug-likeness (QED) is 0.530. The fourth-order valence-corrected chi connectivity index (χ4v) is 4.78. The third-order valence-electron chi connectivity index (χ3n) is 4.79. The number of sulfonamides is 1. The first-order valence-corrected chi connectivity index (χ1v) is 10.8. The number of benzene rings is 3. The normalized spacial score (nSPS) is 14.8. The van der Waals surface area contributed by atoms with Crippen LogP contribution in [0.2, 0.25) is 5.02 Å². The molecule has 0 radical (unpaired) electrons. The monoisotopic (exact) mass is 444 g/mol. The van der Waals surface area contributed by atoms with E-state index in [0.717, 1.165) is 22.8 Å². The second-order valence-corrected chi connectivity index (χ2v) is 8.72. The molecule has 3 aromatic rings. The number of nitrogens with one attached hydrogen (secondary N) is 2. The zero-order valence-electron chi connectivity index (χ0n) is 15.8. The molecule has 4 bridgehead atoms. The van der Waals surface area contributed by atoms with Gasteiger partial charge in [0.25, 0.3) is 15.9 Å². The molecule has 7 nitrogen and oxygen atoms in total. The van der Waals surface area contributed by atoms with Crippen LogP contribution in [0.5, 0.6) is 11.5 Å².